The van der Waals surface area contributed by atoms with Gasteiger partial charge in [0.2, 0.25) is 0 Å². The molecule has 12 heavy (non-hydrogen) atoms. The predicted octanol–water partition coefficient (Wildman–Crippen LogP) is -0.184. The summed E-state index contributed by atoms with van der Waals surface area (Å²) in [7, 11) is 3.35. The van der Waals surface area contributed by atoms with Crippen LogP contribution >= 0.6 is 0 Å². The zero-order valence-corrected chi connectivity index (χ0v) is 7.41. The van der Waals surface area contributed by atoms with E-state index in [9.17, 15) is 0 Å². The minimum absolute atomic E-state index is 0.0393. The van der Waals surface area contributed by atoms with Crippen molar-refractivity contribution in [3.05, 3.63) is 0 Å². The van der Waals surface area contributed by atoms with Gasteiger partial charge < -0.3 is 18.9 Å². The first-order chi connectivity index (χ1) is 5.82. The average molecular weight is 174 g/mol. The van der Waals surface area contributed by atoms with E-state index in [0.717, 1.165) is 0 Å². The summed E-state index contributed by atoms with van der Waals surface area (Å²) < 4.78 is 21.5. The van der Waals surface area contributed by atoms with E-state index in [-0.39, 0.29) is 17.8 Å². The molecule has 2 saturated heterocycles. The molecule has 2 rings (SSSR count). The van der Waals surface area contributed by atoms with Crippen molar-refractivity contribution in [3.63, 3.8) is 0 Å². The molecular formula is C8H14O4. The molecule has 3 atom stereocenters. The fourth-order valence-electron chi connectivity index (χ4n) is 2.04. The summed E-state index contributed by atoms with van der Waals surface area (Å²) in [6, 6.07) is 0. The number of hydrogen-bond donors (Lipinski definition) is 0. The third-order valence-electron chi connectivity index (χ3n) is 2.58. The Hall–Kier alpha value is -0.160. The molecule has 0 aliphatic carbocycles. The topological polar surface area (TPSA) is 36.9 Å². The molecule has 2 aliphatic rings. The van der Waals surface area contributed by atoms with Crippen LogP contribution in [0.5, 0.6) is 0 Å². The lowest BCUT2D eigenvalue weighted by Gasteiger charge is -2.27. The van der Waals surface area contributed by atoms with E-state index in [0.29, 0.717) is 19.8 Å². The maximum Gasteiger partial charge on any atom is 0.143 e. The maximum absolute atomic E-state index is 5.61. The average Bonchev–Trinajstić information content (AvgIpc) is 2.58. The molecule has 4 heteroatoms. The lowest BCUT2D eigenvalue weighted by atomic mass is 10.0. The SMILES string of the molecule is COC[C@@]12COC(CO1)[C@H]2OC. The van der Waals surface area contributed by atoms with Gasteiger partial charge in [-0.1, -0.05) is 0 Å². The number of ether oxygens (including phenoxy) is 4. The second kappa shape index (κ2) is 2.96. The Morgan fingerprint density at radius 3 is 2.83 bits per heavy atom. The molecule has 0 spiro atoms. The standard InChI is InChI=1S/C8H14O4/c1-9-4-8-5-11-6(3-12-8)7(8)10-2/h6-7H,3-5H2,1-2H3/t6?,7-,8+/m1/s1. The smallest absolute Gasteiger partial charge is 0.143 e. The van der Waals surface area contributed by atoms with E-state index >= 15 is 0 Å². The highest BCUT2D eigenvalue weighted by molar-refractivity contribution is 5.04. The van der Waals surface area contributed by atoms with Crippen molar-refractivity contribution in [1.29, 1.82) is 0 Å². The fourth-order valence-corrected chi connectivity index (χ4v) is 2.04. The summed E-state index contributed by atoms with van der Waals surface area (Å²) >= 11 is 0. The quantitative estimate of drug-likeness (QED) is 0.594. The zero-order valence-electron chi connectivity index (χ0n) is 7.41. The number of hydrogen-bond acceptors (Lipinski definition) is 4. The normalized spacial score (nSPS) is 45.5. The lowest BCUT2D eigenvalue weighted by Crippen LogP contribution is -2.45. The molecule has 2 aliphatic heterocycles. The molecule has 2 fully saturated rings. The molecule has 2 heterocycles. The van der Waals surface area contributed by atoms with Crippen LogP contribution in [0, 0.1) is 0 Å². The third-order valence-corrected chi connectivity index (χ3v) is 2.58. The Morgan fingerprint density at radius 2 is 2.33 bits per heavy atom. The molecule has 0 amide bonds. The van der Waals surface area contributed by atoms with Gasteiger partial charge in [-0.15, -0.1) is 0 Å². The van der Waals surface area contributed by atoms with Gasteiger partial charge in [0.05, 0.1) is 19.8 Å². The van der Waals surface area contributed by atoms with E-state index in [4.69, 9.17) is 18.9 Å². The highest BCUT2D eigenvalue weighted by Gasteiger charge is 2.57. The van der Waals surface area contributed by atoms with E-state index in [1.165, 1.54) is 0 Å². The van der Waals surface area contributed by atoms with Gasteiger partial charge in [-0.2, -0.15) is 0 Å². The van der Waals surface area contributed by atoms with Crippen molar-refractivity contribution < 1.29 is 18.9 Å². The summed E-state index contributed by atoms with van der Waals surface area (Å²) in [5.74, 6) is 0. The summed E-state index contributed by atoms with van der Waals surface area (Å²) in [4.78, 5) is 0. The van der Waals surface area contributed by atoms with Crippen LogP contribution < -0.4 is 0 Å². The van der Waals surface area contributed by atoms with Gasteiger partial charge in [0.1, 0.15) is 17.8 Å². The second-order valence-corrected chi connectivity index (χ2v) is 3.31. The molecule has 0 N–H and O–H groups in total. The molecule has 70 valence electrons. The molecule has 0 aromatic carbocycles. The van der Waals surface area contributed by atoms with Gasteiger partial charge in [-0.3, -0.25) is 0 Å². The first-order valence-corrected chi connectivity index (χ1v) is 4.10. The number of rotatable bonds is 3. The number of methoxy groups -OCH3 is 2. The molecular weight excluding hydrogens is 160 g/mol. The lowest BCUT2D eigenvalue weighted by molar-refractivity contribution is -0.131. The van der Waals surface area contributed by atoms with Crippen LogP contribution in [-0.2, 0) is 18.9 Å². The summed E-state index contributed by atoms with van der Waals surface area (Å²) in [5, 5.41) is 0. The second-order valence-electron chi connectivity index (χ2n) is 3.31. The summed E-state index contributed by atoms with van der Waals surface area (Å²) in [6.45, 7) is 1.76. The van der Waals surface area contributed by atoms with Crippen LogP contribution in [0.15, 0.2) is 0 Å². The van der Waals surface area contributed by atoms with E-state index in [1.807, 2.05) is 0 Å². The van der Waals surface area contributed by atoms with Crippen LogP contribution in [0.3, 0.4) is 0 Å². The molecule has 0 saturated carbocycles. The third kappa shape index (κ3) is 0.992. The van der Waals surface area contributed by atoms with Crippen molar-refractivity contribution in [2.45, 2.75) is 17.8 Å². The molecule has 1 unspecified atom stereocenters. The van der Waals surface area contributed by atoms with Crippen molar-refractivity contribution in [2.75, 3.05) is 34.0 Å². The fraction of sp³-hybridized carbons (Fsp3) is 1.00. The Morgan fingerprint density at radius 1 is 1.50 bits per heavy atom. The van der Waals surface area contributed by atoms with Crippen molar-refractivity contribution in [2.24, 2.45) is 0 Å². The first-order valence-electron chi connectivity index (χ1n) is 4.10. The summed E-state index contributed by atoms with van der Waals surface area (Å²) in [5.41, 5.74) is -0.339. The van der Waals surface area contributed by atoms with Crippen molar-refractivity contribution >= 4 is 0 Å². The van der Waals surface area contributed by atoms with Crippen LogP contribution in [-0.4, -0.2) is 51.8 Å². The highest BCUT2D eigenvalue weighted by atomic mass is 16.7. The van der Waals surface area contributed by atoms with Crippen LogP contribution in [0.25, 0.3) is 0 Å². The molecule has 4 nitrogen and oxygen atoms in total. The first kappa shape index (κ1) is 8.44. The van der Waals surface area contributed by atoms with Gasteiger partial charge in [0, 0.05) is 14.2 Å². The molecule has 0 aromatic rings. The monoisotopic (exact) mass is 174 g/mol. The summed E-state index contributed by atoms with van der Waals surface area (Å²) in [6.07, 6.45) is 0.141. The Kier molecular flexibility index (Phi) is 2.08. The Bertz CT molecular complexity index is 162. The van der Waals surface area contributed by atoms with Gasteiger partial charge in [0.25, 0.3) is 0 Å². The van der Waals surface area contributed by atoms with Gasteiger partial charge in [-0.25, -0.2) is 0 Å². The largest absolute Gasteiger partial charge is 0.381 e. The minimum Gasteiger partial charge on any atom is -0.381 e. The highest BCUT2D eigenvalue weighted by Crippen LogP contribution is 2.37. The van der Waals surface area contributed by atoms with Crippen molar-refractivity contribution in [1.82, 2.24) is 0 Å². The van der Waals surface area contributed by atoms with Crippen LogP contribution in [0.2, 0.25) is 0 Å². The Balaban J connectivity index is 2.12. The van der Waals surface area contributed by atoms with Gasteiger partial charge in [0.15, 0.2) is 0 Å². The predicted molar refractivity (Wildman–Crippen MR) is 41.1 cm³/mol. The number of fused-ring (bicyclic) bond motifs is 2. The van der Waals surface area contributed by atoms with Crippen molar-refractivity contribution in [3.8, 4) is 0 Å². The molecule has 2 bridgehead atoms. The molecule has 0 radical (unpaired) electrons. The van der Waals surface area contributed by atoms with E-state index in [1.54, 1.807) is 14.2 Å². The van der Waals surface area contributed by atoms with Gasteiger partial charge in [-0.05, 0) is 0 Å². The minimum atomic E-state index is -0.339. The van der Waals surface area contributed by atoms with Crippen LogP contribution in [0.4, 0.5) is 0 Å². The van der Waals surface area contributed by atoms with E-state index < -0.39 is 0 Å². The Labute approximate surface area is 71.7 Å². The zero-order chi connectivity index (χ0) is 8.60. The molecule has 0 aromatic heterocycles. The van der Waals surface area contributed by atoms with Gasteiger partial charge >= 0.3 is 0 Å². The van der Waals surface area contributed by atoms with Crippen LogP contribution in [0.1, 0.15) is 0 Å². The maximum atomic E-state index is 5.61. The van der Waals surface area contributed by atoms with E-state index in [2.05, 4.69) is 0 Å².